The van der Waals surface area contributed by atoms with Crippen LogP contribution >= 0.6 is 0 Å². The molecule has 1 saturated heterocycles. The van der Waals surface area contributed by atoms with E-state index in [9.17, 15) is 4.79 Å². The normalized spacial score (nSPS) is 16.6. The molecule has 2 heterocycles. The van der Waals surface area contributed by atoms with Gasteiger partial charge in [0.2, 0.25) is 6.79 Å². The van der Waals surface area contributed by atoms with Gasteiger partial charge in [-0.3, -0.25) is 9.69 Å². The van der Waals surface area contributed by atoms with E-state index in [2.05, 4.69) is 21.9 Å². The Kier molecular flexibility index (Phi) is 6.40. The van der Waals surface area contributed by atoms with Crippen molar-refractivity contribution in [1.82, 2.24) is 9.80 Å². The predicted molar refractivity (Wildman–Crippen MR) is 115 cm³/mol. The zero-order valence-corrected chi connectivity index (χ0v) is 17.4. The number of benzene rings is 2. The number of ether oxygens (including phenoxy) is 3. The van der Waals surface area contributed by atoms with Crippen LogP contribution in [0.25, 0.3) is 0 Å². The Hall–Kier alpha value is -2.77. The van der Waals surface area contributed by atoms with Crippen molar-refractivity contribution in [2.24, 2.45) is 0 Å². The molecule has 0 bridgehead atoms. The molecule has 2 N–H and O–H groups in total. The lowest BCUT2D eigenvalue weighted by molar-refractivity contribution is 0.0922. The quantitative estimate of drug-likeness (QED) is 0.529. The van der Waals surface area contributed by atoms with Crippen LogP contribution in [0.1, 0.15) is 29.3 Å². The van der Waals surface area contributed by atoms with Crippen LogP contribution in [-0.4, -0.2) is 61.7 Å². The van der Waals surface area contributed by atoms with E-state index in [1.807, 2.05) is 13.0 Å². The highest BCUT2D eigenvalue weighted by Gasteiger charge is 2.20. The van der Waals surface area contributed by atoms with Crippen LogP contribution in [-0.2, 0) is 6.54 Å². The number of piperazine rings is 1. The molecule has 0 radical (unpaired) electrons. The van der Waals surface area contributed by atoms with E-state index in [4.69, 9.17) is 19.9 Å². The Morgan fingerprint density at radius 2 is 1.80 bits per heavy atom. The summed E-state index contributed by atoms with van der Waals surface area (Å²) in [5, 5.41) is 0. The molecule has 2 aromatic rings. The molecule has 0 atom stereocenters. The molecule has 0 aromatic heterocycles. The average Bonchev–Trinajstić information content (AvgIpc) is 3.22. The summed E-state index contributed by atoms with van der Waals surface area (Å²) in [6, 6.07) is 11.4. The average molecular weight is 412 g/mol. The number of rotatable bonds is 8. The van der Waals surface area contributed by atoms with E-state index >= 15 is 0 Å². The standard InChI is InChI=1S/C23H29N3O4/c1-2-28-21-6-4-18(14-19(21)24)20(27)7-8-25-9-11-26(12-10-25)15-17-3-5-22-23(13-17)30-16-29-22/h3-6,13-14H,2,7-12,15-16,24H2,1H3. The van der Waals surface area contributed by atoms with E-state index in [0.29, 0.717) is 36.8 Å². The van der Waals surface area contributed by atoms with E-state index in [1.165, 1.54) is 5.56 Å². The Bertz CT molecular complexity index is 894. The van der Waals surface area contributed by atoms with Crippen molar-refractivity contribution in [1.29, 1.82) is 0 Å². The summed E-state index contributed by atoms with van der Waals surface area (Å²) < 4.78 is 16.3. The summed E-state index contributed by atoms with van der Waals surface area (Å²) in [4.78, 5) is 17.3. The summed E-state index contributed by atoms with van der Waals surface area (Å²) in [6.07, 6.45) is 0.496. The fraction of sp³-hybridized carbons (Fsp3) is 0.435. The van der Waals surface area contributed by atoms with E-state index < -0.39 is 0 Å². The van der Waals surface area contributed by atoms with Gasteiger partial charge in [-0.05, 0) is 42.8 Å². The summed E-state index contributed by atoms with van der Waals surface area (Å²) in [6.45, 7) is 8.33. The van der Waals surface area contributed by atoms with Crippen LogP contribution in [0.5, 0.6) is 17.2 Å². The number of hydrogen-bond donors (Lipinski definition) is 1. The smallest absolute Gasteiger partial charge is 0.231 e. The molecule has 7 nitrogen and oxygen atoms in total. The number of nitrogen functional groups attached to an aromatic ring is 1. The van der Waals surface area contributed by atoms with Gasteiger partial charge in [0.05, 0.1) is 12.3 Å². The number of nitrogens with zero attached hydrogens (tertiary/aromatic N) is 2. The van der Waals surface area contributed by atoms with Crippen LogP contribution in [0.2, 0.25) is 0 Å². The number of fused-ring (bicyclic) bond motifs is 1. The fourth-order valence-electron chi connectivity index (χ4n) is 3.88. The minimum atomic E-state index is 0.118. The van der Waals surface area contributed by atoms with Gasteiger partial charge in [-0.2, -0.15) is 0 Å². The zero-order chi connectivity index (χ0) is 20.9. The Morgan fingerprint density at radius 3 is 2.57 bits per heavy atom. The second-order valence-corrected chi connectivity index (χ2v) is 7.66. The van der Waals surface area contributed by atoms with Crippen LogP contribution in [0.15, 0.2) is 36.4 Å². The highest BCUT2D eigenvalue weighted by molar-refractivity contribution is 5.97. The fourth-order valence-corrected chi connectivity index (χ4v) is 3.88. The third kappa shape index (κ3) is 4.86. The maximum absolute atomic E-state index is 12.6. The van der Waals surface area contributed by atoms with Crippen LogP contribution in [0.4, 0.5) is 5.69 Å². The summed E-state index contributed by atoms with van der Waals surface area (Å²) >= 11 is 0. The molecule has 30 heavy (non-hydrogen) atoms. The van der Waals surface area contributed by atoms with Crippen LogP contribution in [0, 0.1) is 0 Å². The van der Waals surface area contributed by atoms with Gasteiger partial charge in [-0.15, -0.1) is 0 Å². The summed E-state index contributed by atoms with van der Waals surface area (Å²) in [5.41, 5.74) is 8.38. The van der Waals surface area contributed by atoms with E-state index in [1.54, 1.807) is 18.2 Å². The molecule has 0 amide bonds. The van der Waals surface area contributed by atoms with E-state index in [0.717, 1.165) is 50.8 Å². The first-order valence-electron chi connectivity index (χ1n) is 10.5. The minimum absolute atomic E-state index is 0.118. The summed E-state index contributed by atoms with van der Waals surface area (Å²) in [5.74, 6) is 2.40. The highest BCUT2D eigenvalue weighted by Crippen LogP contribution is 2.32. The zero-order valence-electron chi connectivity index (χ0n) is 17.4. The predicted octanol–water partition coefficient (Wildman–Crippen LogP) is 2.79. The molecular formula is C23H29N3O4. The maximum atomic E-state index is 12.6. The third-order valence-electron chi connectivity index (χ3n) is 5.59. The summed E-state index contributed by atoms with van der Waals surface area (Å²) in [7, 11) is 0. The molecule has 0 spiro atoms. The number of carbonyl (C=O) groups excluding carboxylic acids is 1. The lowest BCUT2D eigenvalue weighted by Gasteiger charge is -2.34. The first kappa shape index (κ1) is 20.5. The second-order valence-electron chi connectivity index (χ2n) is 7.66. The molecule has 0 unspecified atom stereocenters. The number of nitrogens with two attached hydrogens (primary N) is 1. The third-order valence-corrected chi connectivity index (χ3v) is 5.59. The van der Waals surface area contributed by atoms with Crippen molar-refractivity contribution in [3.05, 3.63) is 47.5 Å². The van der Waals surface area contributed by atoms with Gasteiger partial charge < -0.3 is 24.8 Å². The largest absolute Gasteiger partial charge is 0.492 e. The molecule has 2 aliphatic rings. The van der Waals surface area contributed by atoms with Gasteiger partial charge in [0.1, 0.15) is 5.75 Å². The molecule has 7 heteroatoms. The Morgan fingerprint density at radius 1 is 1.03 bits per heavy atom. The van der Waals surface area contributed by atoms with Gasteiger partial charge in [0.15, 0.2) is 17.3 Å². The number of anilines is 1. The SMILES string of the molecule is CCOc1ccc(C(=O)CCN2CCN(Cc3ccc4c(c3)OCO4)CC2)cc1N. The molecule has 0 saturated carbocycles. The van der Waals surface area contributed by atoms with Crippen molar-refractivity contribution in [3.63, 3.8) is 0 Å². The second kappa shape index (κ2) is 9.36. The van der Waals surface area contributed by atoms with Gasteiger partial charge in [-0.25, -0.2) is 0 Å². The Balaban J connectivity index is 1.22. The molecule has 0 aliphatic carbocycles. The number of ketones is 1. The number of Topliss-reactive ketones (excluding diaryl/α,β-unsaturated/α-hetero) is 1. The lowest BCUT2D eigenvalue weighted by Crippen LogP contribution is -2.46. The van der Waals surface area contributed by atoms with Crippen molar-refractivity contribution < 1.29 is 19.0 Å². The van der Waals surface area contributed by atoms with Crippen molar-refractivity contribution in [2.75, 3.05) is 51.9 Å². The molecular weight excluding hydrogens is 382 g/mol. The monoisotopic (exact) mass is 411 g/mol. The first-order valence-corrected chi connectivity index (χ1v) is 10.5. The van der Waals surface area contributed by atoms with Gasteiger partial charge in [0, 0.05) is 51.3 Å². The van der Waals surface area contributed by atoms with Crippen LogP contribution in [0.3, 0.4) is 0 Å². The molecule has 4 rings (SSSR count). The maximum Gasteiger partial charge on any atom is 0.231 e. The minimum Gasteiger partial charge on any atom is -0.492 e. The van der Waals surface area contributed by atoms with Gasteiger partial charge in [0.25, 0.3) is 0 Å². The molecule has 1 fully saturated rings. The first-order chi connectivity index (χ1) is 14.6. The molecule has 2 aliphatic heterocycles. The molecule has 160 valence electrons. The van der Waals surface area contributed by atoms with Crippen molar-refractivity contribution in [3.8, 4) is 17.2 Å². The Labute approximate surface area is 177 Å². The van der Waals surface area contributed by atoms with Crippen molar-refractivity contribution in [2.45, 2.75) is 19.9 Å². The topological polar surface area (TPSA) is 77.3 Å². The van der Waals surface area contributed by atoms with E-state index in [-0.39, 0.29) is 5.78 Å². The van der Waals surface area contributed by atoms with Crippen molar-refractivity contribution >= 4 is 11.5 Å². The van der Waals surface area contributed by atoms with Gasteiger partial charge >= 0.3 is 0 Å². The molecule has 2 aromatic carbocycles. The number of carbonyl (C=O) groups is 1. The highest BCUT2D eigenvalue weighted by atomic mass is 16.7. The van der Waals surface area contributed by atoms with Gasteiger partial charge in [-0.1, -0.05) is 6.07 Å². The lowest BCUT2D eigenvalue weighted by atomic mass is 10.1. The number of hydrogen-bond acceptors (Lipinski definition) is 7. The van der Waals surface area contributed by atoms with Crippen LogP contribution < -0.4 is 19.9 Å².